The van der Waals surface area contributed by atoms with Crippen LogP contribution in [0.15, 0.2) is 12.7 Å². The minimum absolute atomic E-state index is 0.232. The second-order valence-corrected chi connectivity index (χ2v) is 5.61. The third-order valence-corrected chi connectivity index (χ3v) is 4.67. The van der Waals surface area contributed by atoms with E-state index in [1.54, 1.807) is 10.9 Å². The lowest BCUT2D eigenvalue weighted by atomic mass is 9.85. The molecule has 5 N–H and O–H groups in total. The smallest absolute Gasteiger partial charge is 0.231 e. The van der Waals surface area contributed by atoms with Gasteiger partial charge >= 0.3 is 0 Å². The molecule has 0 aromatic carbocycles. The van der Waals surface area contributed by atoms with Gasteiger partial charge in [-0.05, 0) is 6.42 Å². The maximum atomic E-state index is 11.9. The van der Waals surface area contributed by atoms with Crippen molar-refractivity contribution in [1.29, 1.82) is 0 Å². The number of amides is 1. The summed E-state index contributed by atoms with van der Waals surface area (Å²) >= 11 is 0. The normalized spacial score (nSPS) is 34.6. The highest BCUT2D eigenvalue weighted by atomic mass is 16.3. The van der Waals surface area contributed by atoms with E-state index in [1.807, 2.05) is 0 Å². The van der Waals surface area contributed by atoms with Crippen molar-refractivity contribution < 1.29 is 15.0 Å². The Morgan fingerprint density at radius 1 is 1.48 bits per heavy atom. The Labute approximate surface area is 118 Å². The molecular weight excluding hydrogens is 276 g/mol. The number of nitrogens with one attached hydrogen (secondary N) is 1. The van der Waals surface area contributed by atoms with Gasteiger partial charge in [-0.3, -0.25) is 4.79 Å². The summed E-state index contributed by atoms with van der Waals surface area (Å²) in [6, 6.07) is -0.706. The molecule has 21 heavy (non-hydrogen) atoms. The van der Waals surface area contributed by atoms with E-state index in [1.165, 1.54) is 6.33 Å². The lowest BCUT2D eigenvalue weighted by Crippen LogP contribution is -2.43. The number of hydrogen-bond donors (Lipinski definition) is 4. The summed E-state index contributed by atoms with van der Waals surface area (Å²) in [6.07, 6.45) is 2.32. The maximum absolute atomic E-state index is 11.9. The van der Waals surface area contributed by atoms with Crippen molar-refractivity contribution >= 4 is 22.9 Å². The highest BCUT2D eigenvalue weighted by Crippen LogP contribution is 2.49. The van der Waals surface area contributed by atoms with Gasteiger partial charge in [0.1, 0.15) is 17.3 Å². The molecule has 1 unspecified atom stereocenters. The van der Waals surface area contributed by atoms with E-state index in [0.29, 0.717) is 17.6 Å². The summed E-state index contributed by atoms with van der Waals surface area (Å²) in [5.74, 6) is -0.0272. The van der Waals surface area contributed by atoms with Crippen LogP contribution in [0.1, 0.15) is 12.5 Å². The molecule has 110 valence electrons. The number of fused-ring (bicyclic) bond motifs is 3. The van der Waals surface area contributed by atoms with Gasteiger partial charge in [0.2, 0.25) is 5.91 Å². The molecule has 0 spiro atoms. The largest absolute Gasteiger partial charge is 0.395 e. The molecule has 2 aliphatic rings. The molecule has 1 aliphatic carbocycles. The third-order valence-electron chi connectivity index (χ3n) is 4.67. The number of nitrogens with zero attached hydrogens (tertiary/aromatic N) is 4. The van der Waals surface area contributed by atoms with Crippen molar-refractivity contribution in [3.8, 4) is 0 Å². The number of aliphatic hydroxyl groups is 2. The molecule has 9 nitrogen and oxygen atoms in total. The number of nitrogens with two attached hydrogens (primary N) is 1. The third kappa shape index (κ3) is 1.37. The molecule has 1 saturated carbocycles. The Morgan fingerprint density at radius 2 is 2.29 bits per heavy atom. The minimum atomic E-state index is -1.15. The molecule has 4 atom stereocenters. The van der Waals surface area contributed by atoms with E-state index in [2.05, 4.69) is 20.3 Å². The Hall–Kier alpha value is -2.26. The number of carbonyl (C=O) groups excluding carboxylic acids is 1. The van der Waals surface area contributed by atoms with Crippen molar-refractivity contribution in [2.24, 2.45) is 5.41 Å². The van der Waals surface area contributed by atoms with Gasteiger partial charge in [0, 0.05) is 0 Å². The number of hydrogen-bond acceptors (Lipinski definition) is 7. The molecule has 2 aromatic rings. The van der Waals surface area contributed by atoms with Gasteiger partial charge < -0.3 is 25.8 Å². The Balaban J connectivity index is 1.82. The van der Waals surface area contributed by atoms with Crippen molar-refractivity contribution in [2.75, 3.05) is 12.3 Å². The van der Waals surface area contributed by atoms with Crippen LogP contribution in [0.2, 0.25) is 0 Å². The quantitative estimate of drug-likeness (QED) is 0.511. The highest BCUT2D eigenvalue weighted by molar-refractivity contribution is 5.88. The van der Waals surface area contributed by atoms with Crippen LogP contribution in [0.5, 0.6) is 0 Å². The second-order valence-electron chi connectivity index (χ2n) is 5.61. The summed E-state index contributed by atoms with van der Waals surface area (Å²) in [5, 5.41) is 22.6. The van der Waals surface area contributed by atoms with Crippen molar-refractivity contribution in [2.45, 2.75) is 24.6 Å². The van der Waals surface area contributed by atoms with E-state index < -0.39 is 24.2 Å². The summed E-state index contributed by atoms with van der Waals surface area (Å²) < 4.78 is 1.78. The zero-order valence-electron chi connectivity index (χ0n) is 11.0. The predicted octanol–water partition coefficient (Wildman–Crippen LogP) is -1.81. The standard InChI is InChI=1S/C12H14N6O3/c13-9-7-10(15-3-14-9)18(4-16-7)5-1-12(2-19)8(20)6(5)17-11(12)21/h3-6,8,19-20H,1-2H2,(H,17,21)(H2,13,14,15)/t5-,6-,8?,12+/m1/s1. The van der Waals surface area contributed by atoms with Gasteiger partial charge in [0.05, 0.1) is 31.1 Å². The molecule has 1 saturated heterocycles. The second kappa shape index (κ2) is 3.89. The molecular formula is C12H14N6O3. The van der Waals surface area contributed by atoms with Crippen molar-refractivity contribution in [3.63, 3.8) is 0 Å². The first-order valence-electron chi connectivity index (χ1n) is 6.61. The van der Waals surface area contributed by atoms with Crippen LogP contribution < -0.4 is 11.1 Å². The molecule has 3 heterocycles. The Bertz CT molecular complexity index is 746. The first-order chi connectivity index (χ1) is 10.1. The Morgan fingerprint density at radius 3 is 3.00 bits per heavy atom. The molecule has 1 amide bonds. The molecule has 0 radical (unpaired) electrons. The maximum Gasteiger partial charge on any atom is 0.231 e. The number of rotatable bonds is 2. The molecule has 4 rings (SSSR count). The number of imidazole rings is 1. The van der Waals surface area contributed by atoms with E-state index in [9.17, 15) is 15.0 Å². The van der Waals surface area contributed by atoms with Gasteiger partial charge in [-0.2, -0.15) is 0 Å². The zero-order valence-corrected chi connectivity index (χ0v) is 11.0. The fourth-order valence-electron chi connectivity index (χ4n) is 3.49. The average molecular weight is 290 g/mol. The zero-order chi connectivity index (χ0) is 14.8. The number of nitrogen functional groups attached to an aromatic ring is 1. The summed E-state index contributed by atoms with van der Waals surface area (Å²) in [7, 11) is 0. The van der Waals surface area contributed by atoms with E-state index >= 15 is 0 Å². The Kier molecular flexibility index (Phi) is 2.31. The van der Waals surface area contributed by atoms with Crippen LogP contribution in [-0.4, -0.2) is 54.4 Å². The first kappa shape index (κ1) is 12.5. The van der Waals surface area contributed by atoms with Gasteiger partial charge in [-0.15, -0.1) is 0 Å². The lowest BCUT2D eigenvalue weighted by molar-refractivity contribution is -0.134. The van der Waals surface area contributed by atoms with Crippen LogP contribution in [0.3, 0.4) is 0 Å². The van der Waals surface area contributed by atoms with Gasteiger partial charge in [-0.1, -0.05) is 0 Å². The summed E-state index contributed by atoms with van der Waals surface area (Å²) in [4.78, 5) is 24.2. The van der Waals surface area contributed by atoms with Crippen LogP contribution in [0.25, 0.3) is 11.2 Å². The summed E-state index contributed by atoms with van der Waals surface area (Å²) in [6.45, 7) is -0.392. The van der Waals surface area contributed by atoms with Crippen molar-refractivity contribution in [3.05, 3.63) is 12.7 Å². The van der Waals surface area contributed by atoms with Crippen LogP contribution in [0, 0.1) is 5.41 Å². The molecule has 1 aliphatic heterocycles. The molecule has 2 fully saturated rings. The fourth-order valence-corrected chi connectivity index (χ4v) is 3.49. The van der Waals surface area contributed by atoms with Crippen LogP contribution in [-0.2, 0) is 4.79 Å². The first-order valence-corrected chi connectivity index (χ1v) is 6.61. The molecule has 2 aromatic heterocycles. The van der Waals surface area contributed by atoms with Gasteiger partial charge in [0.15, 0.2) is 11.5 Å². The van der Waals surface area contributed by atoms with Crippen LogP contribution >= 0.6 is 0 Å². The van der Waals surface area contributed by atoms with E-state index in [-0.39, 0.29) is 17.8 Å². The molecule has 2 bridgehead atoms. The van der Waals surface area contributed by atoms with Gasteiger partial charge in [-0.25, -0.2) is 15.0 Å². The lowest BCUT2D eigenvalue weighted by Gasteiger charge is -2.28. The number of piperidine rings is 1. The SMILES string of the molecule is Nc1ncnc2c1ncn2[C@@H]1C[C@@]2(CO)C(=O)N[C@H]1C2O. The fraction of sp³-hybridized carbons (Fsp3) is 0.500. The predicted molar refractivity (Wildman–Crippen MR) is 70.8 cm³/mol. The average Bonchev–Trinajstić information content (AvgIpc) is 3.09. The van der Waals surface area contributed by atoms with Crippen LogP contribution in [0.4, 0.5) is 5.82 Å². The number of anilines is 1. The topological polar surface area (TPSA) is 139 Å². The van der Waals surface area contributed by atoms with Gasteiger partial charge in [0.25, 0.3) is 0 Å². The van der Waals surface area contributed by atoms with Crippen molar-refractivity contribution in [1.82, 2.24) is 24.8 Å². The van der Waals surface area contributed by atoms with E-state index in [0.717, 1.165) is 0 Å². The highest BCUT2D eigenvalue weighted by Gasteiger charge is 2.64. The summed E-state index contributed by atoms with van der Waals surface area (Å²) in [5.41, 5.74) is 5.65. The van der Waals surface area contributed by atoms with E-state index in [4.69, 9.17) is 5.73 Å². The number of aromatic nitrogens is 4. The number of carbonyl (C=O) groups is 1. The minimum Gasteiger partial charge on any atom is -0.395 e. The molecule has 9 heteroatoms. The monoisotopic (exact) mass is 290 g/mol. The number of aliphatic hydroxyl groups excluding tert-OH is 2.